The van der Waals surface area contributed by atoms with E-state index in [0.717, 1.165) is 51.9 Å². The van der Waals surface area contributed by atoms with Crippen LogP contribution in [0.3, 0.4) is 0 Å². The molecule has 0 aromatic carbocycles. The quantitative estimate of drug-likeness (QED) is 0.325. The number of likely N-dealkylation sites (tertiary alicyclic amines) is 2. The third-order valence-corrected chi connectivity index (χ3v) is 6.38. The average molecular weight is 583 g/mol. The van der Waals surface area contributed by atoms with Crippen LogP contribution < -0.4 is 0 Å². The van der Waals surface area contributed by atoms with Crippen molar-refractivity contribution in [3.8, 4) is 0 Å². The number of aliphatic carboxylic acids is 2. The first-order valence-corrected chi connectivity index (χ1v) is 12.5. The Kier molecular flexibility index (Phi) is 14.5. The monoisotopic (exact) mass is 582 g/mol. The van der Waals surface area contributed by atoms with Gasteiger partial charge in [0, 0.05) is 32.8 Å². The summed E-state index contributed by atoms with van der Waals surface area (Å²) in [6, 6.07) is 0.478. The van der Waals surface area contributed by atoms with E-state index in [9.17, 15) is 31.1 Å². The van der Waals surface area contributed by atoms with Crippen LogP contribution in [-0.2, 0) is 28.6 Å². The van der Waals surface area contributed by atoms with Crippen molar-refractivity contribution in [2.75, 3.05) is 40.0 Å². The maximum absolute atomic E-state index is 11.9. The van der Waals surface area contributed by atoms with Crippen LogP contribution in [0.2, 0.25) is 0 Å². The van der Waals surface area contributed by atoms with Gasteiger partial charge in [0.2, 0.25) is 0 Å². The number of methoxy groups -OCH3 is 1. The molecule has 10 nitrogen and oxygen atoms in total. The molecular weight excluding hydrogens is 546 g/mol. The summed E-state index contributed by atoms with van der Waals surface area (Å²) in [7, 11) is 1.78. The second-order valence-electron chi connectivity index (χ2n) is 9.17. The topological polar surface area (TPSA) is 126 Å². The number of esters is 1. The molecule has 0 amide bonds. The summed E-state index contributed by atoms with van der Waals surface area (Å²) in [5.74, 6) is -5.48. The molecule has 0 spiro atoms. The number of ether oxygens (including phenoxy) is 3. The van der Waals surface area contributed by atoms with Gasteiger partial charge in [0.15, 0.2) is 6.35 Å². The van der Waals surface area contributed by atoms with Crippen LogP contribution in [0.15, 0.2) is 0 Å². The number of rotatable bonds is 8. The highest BCUT2D eigenvalue weighted by atomic mass is 19.4. The predicted molar refractivity (Wildman–Crippen MR) is 122 cm³/mol. The number of hydrogen-bond acceptors (Lipinski definition) is 8. The number of carbonyl (C=O) groups excluding carboxylic acids is 1. The van der Waals surface area contributed by atoms with Crippen LogP contribution in [0.5, 0.6) is 0 Å². The highest BCUT2D eigenvalue weighted by molar-refractivity contribution is 5.73. The Bertz CT molecular complexity index is 745. The second kappa shape index (κ2) is 16.2. The number of carboxylic acids is 2. The molecule has 3 rings (SSSR count). The molecule has 1 unspecified atom stereocenters. The number of alkyl halides is 6. The van der Waals surface area contributed by atoms with Crippen molar-refractivity contribution >= 4 is 17.9 Å². The molecular formula is C23H36F6N2O8. The van der Waals surface area contributed by atoms with E-state index in [2.05, 4.69) is 9.80 Å². The van der Waals surface area contributed by atoms with E-state index in [1.54, 1.807) is 7.11 Å². The fraction of sp³-hybridized carbons (Fsp3) is 0.870. The molecule has 0 bridgehead atoms. The molecule has 1 aliphatic carbocycles. The van der Waals surface area contributed by atoms with Gasteiger partial charge in [-0.15, -0.1) is 0 Å². The first-order valence-electron chi connectivity index (χ1n) is 12.5. The molecule has 2 heterocycles. The van der Waals surface area contributed by atoms with Crippen molar-refractivity contribution in [2.24, 2.45) is 5.92 Å². The van der Waals surface area contributed by atoms with Gasteiger partial charge >= 0.3 is 30.3 Å². The van der Waals surface area contributed by atoms with Crippen molar-refractivity contribution < 1.29 is 65.1 Å². The molecule has 2 saturated heterocycles. The van der Waals surface area contributed by atoms with Crippen LogP contribution in [0.1, 0.15) is 51.9 Å². The van der Waals surface area contributed by atoms with Gasteiger partial charge in [-0.25, -0.2) is 9.59 Å². The zero-order valence-electron chi connectivity index (χ0n) is 21.8. The first kappa shape index (κ1) is 34.9. The number of carbonyl (C=O) groups is 3. The summed E-state index contributed by atoms with van der Waals surface area (Å²) >= 11 is 0. The standard InChI is InChI=1S/C19H34N2O4.2C2HF3O2/c1-3-24-18(22)15-6-8-17(9-7-15)25-19(20-11-4-5-12-20)21-13-10-16(21)14-23-2;2*3-2(4,5)1(6)7/h15-17,19H,3-14H2,1-2H3;2*(H,6,7)/t15-,16-,17-,19?;;/m0../s1. The molecule has 2 N–H and O–H groups in total. The molecule has 0 aromatic heterocycles. The highest BCUT2D eigenvalue weighted by Crippen LogP contribution is 2.32. The molecule has 16 heteroatoms. The Morgan fingerprint density at radius 1 is 0.872 bits per heavy atom. The minimum Gasteiger partial charge on any atom is -0.475 e. The molecule has 39 heavy (non-hydrogen) atoms. The molecule has 2 aliphatic heterocycles. The Balaban J connectivity index is 0.000000449. The van der Waals surface area contributed by atoms with Crippen molar-refractivity contribution in [3.05, 3.63) is 0 Å². The second-order valence-corrected chi connectivity index (χ2v) is 9.17. The Labute approximate surface area is 222 Å². The zero-order valence-corrected chi connectivity index (χ0v) is 21.8. The van der Waals surface area contributed by atoms with Crippen LogP contribution in [-0.4, -0.2) is 109 Å². The van der Waals surface area contributed by atoms with E-state index in [-0.39, 0.29) is 24.3 Å². The van der Waals surface area contributed by atoms with Crippen LogP contribution in [0.25, 0.3) is 0 Å². The number of carboxylic acid groups (broad SMARTS) is 2. The van der Waals surface area contributed by atoms with Gasteiger partial charge in [0.1, 0.15) is 0 Å². The molecule has 0 radical (unpaired) electrons. The number of hydrogen-bond donors (Lipinski definition) is 2. The van der Waals surface area contributed by atoms with E-state index in [1.807, 2.05) is 6.92 Å². The van der Waals surface area contributed by atoms with Crippen LogP contribution in [0, 0.1) is 5.92 Å². The van der Waals surface area contributed by atoms with E-state index >= 15 is 0 Å². The lowest BCUT2D eigenvalue weighted by Crippen LogP contribution is -2.62. The average Bonchev–Trinajstić information content (AvgIpc) is 3.36. The fourth-order valence-corrected chi connectivity index (χ4v) is 4.33. The summed E-state index contributed by atoms with van der Waals surface area (Å²) < 4.78 is 80.6. The molecule has 3 aliphatic rings. The molecule has 228 valence electrons. The molecule has 2 atom stereocenters. The summed E-state index contributed by atoms with van der Waals surface area (Å²) in [6.45, 7) is 6.47. The van der Waals surface area contributed by atoms with E-state index in [1.165, 1.54) is 19.3 Å². The van der Waals surface area contributed by atoms with Gasteiger partial charge in [-0.05, 0) is 51.9 Å². The van der Waals surface area contributed by atoms with E-state index in [4.69, 9.17) is 34.0 Å². The Hall–Kier alpha value is -2.17. The summed E-state index contributed by atoms with van der Waals surface area (Å²) in [5, 5.41) is 14.2. The summed E-state index contributed by atoms with van der Waals surface area (Å²) in [5.41, 5.74) is 0. The minimum absolute atomic E-state index is 0.0278. The SMILES string of the molecule is CCOC(=O)[C@H]1CC[C@H](OC(N2CCCC2)N2CC[C@H]2COC)CC1.O=C(O)C(F)(F)F.O=C(O)C(F)(F)F. The van der Waals surface area contributed by atoms with Crippen molar-refractivity contribution in [2.45, 2.75) is 82.7 Å². The number of nitrogens with zero attached hydrogens (tertiary/aromatic N) is 2. The Morgan fingerprint density at radius 2 is 1.36 bits per heavy atom. The maximum atomic E-state index is 11.9. The summed E-state index contributed by atoms with van der Waals surface area (Å²) in [6.07, 6.45) is -2.43. The first-order chi connectivity index (χ1) is 18.1. The van der Waals surface area contributed by atoms with Gasteiger partial charge in [0.05, 0.1) is 25.2 Å². The zero-order chi connectivity index (χ0) is 29.8. The van der Waals surface area contributed by atoms with E-state index < -0.39 is 24.3 Å². The minimum atomic E-state index is -5.08. The smallest absolute Gasteiger partial charge is 0.475 e. The Morgan fingerprint density at radius 3 is 1.72 bits per heavy atom. The predicted octanol–water partition coefficient (Wildman–Crippen LogP) is 3.49. The van der Waals surface area contributed by atoms with E-state index in [0.29, 0.717) is 12.6 Å². The fourth-order valence-electron chi connectivity index (χ4n) is 4.33. The molecule has 1 saturated carbocycles. The van der Waals surface area contributed by atoms with Gasteiger partial charge in [-0.1, -0.05) is 0 Å². The highest BCUT2D eigenvalue weighted by Gasteiger charge is 2.41. The molecule has 0 aromatic rings. The molecule has 3 fully saturated rings. The van der Waals surface area contributed by atoms with Gasteiger partial charge in [-0.2, -0.15) is 26.3 Å². The number of halogens is 6. The van der Waals surface area contributed by atoms with Crippen LogP contribution >= 0.6 is 0 Å². The summed E-state index contributed by atoms with van der Waals surface area (Å²) in [4.78, 5) is 34.7. The maximum Gasteiger partial charge on any atom is 0.490 e. The lowest BCUT2D eigenvalue weighted by atomic mass is 9.87. The third kappa shape index (κ3) is 12.3. The van der Waals surface area contributed by atoms with Gasteiger partial charge < -0.3 is 24.4 Å². The van der Waals surface area contributed by atoms with Crippen molar-refractivity contribution in [1.29, 1.82) is 0 Å². The van der Waals surface area contributed by atoms with Crippen LogP contribution in [0.4, 0.5) is 26.3 Å². The lowest BCUT2D eigenvalue weighted by molar-refractivity contribution is -0.220. The lowest BCUT2D eigenvalue weighted by Gasteiger charge is -2.49. The van der Waals surface area contributed by atoms with Gasteiger partial charge in [-0.3, -0.25) is 14.6 Å². The van der Waals surface area contributed by atoms with Crippen molar-refractivity contribution in [1.82, 2.24) is 9.80 Å². The third-order valence-electron chi connectivity index (χ3n) is 6.38. The normalized spacial score (nSPS) is 24.8. The van der Waals surface area contributed by atoms with Gasteiger partial charge in [0.25, 0.3) is 0 Å². The van der Waals surface area contributed by atoms with Crippen molar-refractivity contribution in [3.63, 3.8) is 0 Å². The largest absolute Gasteiger partial charge is 0.490 e.